The molecule has 3 N–H and O–H groups in total. The molecule has 1 aliphatic rings. The van der Waals surface area contributed by atoms with Gasteiger partial charge in [-0.25, -0.2) is 8.42 Å². The number of nitrogen functional groups attached to an aromatic ring is 1. The van der Waals surface area contributed by atoms with Crippen LogP contribution in [-0.2, 0) is 26.0 Å². The highest BCUT2D eigenvalue weighted by atomic mass is 35.5. The molecule has 0 unspecified atom stereocenters. The van der Waals surface area contributed by atoms with Crippen molar-refractivity contribution in [3.05, 3.63) is 54.1 Å². The fourth-order valence-corrected chi connectivity index (χ4v) is 4.25. The summed E-state index contributed by atoms with van der Waals surface area (Å²) in [5.41, 5.74) is 7.82. The number of ether oxygens (including phenoxy) is 1. The fraction of sp³-hybridized carbons (Fsp3) is 0.316. The Hall–Kier alpha value is -2.13. The number of aryl methyl sites for hydroxylation is 1. The summed E-state index contributed by atoms with van der Waals surface area (Å²) in [5, 5.41) is 2.78. The molecule has 1 fully saturated rings. The Kier molecular flexibility index (Phi) is 7.82. The zero-order valence-corrected chi connectivity index (χ0v) is 17.0. The molecule has 2 aromatic rings. The molecular weight excluding hydrogens is 402 g/mol. The van der Waals surface area contributed by atoms with Gasteiger partial charge in [-0.15, -0.1) is 12.4 Å². The lowest BCUT2D eigenvalue weighted by Crippen LogP contribution is -2.40. The second kappa shape index (κ2) is 9.88. The Labute approximate surface area is 171 Å². The smallest absolute Gasteiger partial charge is 0.243 e. The third-order valence-corrected chi connectivity index (χ3v) is 6.32. The van der Waals surface area contributed by atoms with Gasteiger partial charge in [-0.05, 0) is 36.2 Å². The van der Waals surface area contributed by atoms with Crippen LogP contribution in [0, 0.1) is 0 Å². The van der Waals surface area contributed by atoms with Crippen molar-refractivity contribution in [1.82, 2.24) is 4.31 Å². The highest BCUT2D eigenvalue weighted by Crippen LogP contribution is 2.19. The van der Waals surface area contributed by atoms with E-state index in [1.807, 2.05) is 0 Å². The molecule has 0 bridgehead atoms. The Morgan fingerprint density at radius 3 is 2.36 bits per heavy atom. The molecule has 0 radical (unpaired) electrons. The van der Waals surface area contributed by atoms with Crippen molar-refractivity contribution in [2.45, 2.75) is 17.7 Å². The minimum Gasteiger partial charge on any atom is -0.397 e. The van der Waals surface area contributed by atoms with Crippen LogP contribution in [0.25, 0.3) is 0 Å². The molecule has 0 atom stereocenters. The summed E-state index contributed by atoms with van der Waals surface area (Å²) < 4.78 is 31.8. The zero-order chi connectivity index (χ0) is 19.3. The molecule has 1 heterocycles. The number of nitrogens with zero attached hydrogens (tertiary/aromatic N) is 1. The van der Waals surface area contributed by atoms with Crippen LogP contribution in [0.4, 0.5) is 11.4 Å². The van der Waals surface area contributed by atoms with Crippen LogP contribution in [0.2, 0.25) is 0 Å². The van der Waals surface area contributed by atoms with Crippen LogP contribution in [0.5, 0.6) is 0 Å². The first-order valence-corrected chi connectivity index (χ1v) is 10.2. The number of carbonyl (C=O) groups excluding carboxylic acids is 1. The third-order valence-electron chi connectivity index (χ3n) is 4.41. The molecule has 1 saturated heterocycles. The van der Waals surface area contributed by atoms with E-state index in [0.717, 1.165) is 5.56 Å². The monoisotopic (exact) mass is 425 g/mol. The topological polar surface area (TPSA) is 102 Å². The summed E-state index contributed by atoms with van der Waals surface area (Å²) in [5.74, 6) is -0.141. The predicted octanol–water partition coefficient (Wildman–Crippen LogP) is 2.28. The number of para-hydroxylation sites is 2. The molecule has 1 amide bonds. The summed E-state index contributed by atoms with van der Waals surface area (Å²) in [4.78, 5) is 12.3. The van der Waals surface area contributed by atoms with Crippen molar-refractivity contribution in [2.24, 2.45) is 0 Å². The minimum atomic E-state index is -3.50. The molecule has 28 heavy (non-hydrogen) atoms. The predicted molar refractivity (Wildman–Crippen MR) is 111 cm³/mol. The van der Waals surface area contributed by atoms with Crippen LogP contribution >= 0.6 is 12.4 Å². The minimum absolute atomic E-state index is 0. The van der Waals surface area contributed by atoms with Gasteiger partial charge in [0.1, 0.15) is 0 Å². The van der Waals surface area contributed by atoms with Crippen molar-refractivity contribution in [3.63, 3.8) is 0 Å². The van der Waals surface area contributed by atoms with Gasteiger partial charge in [-0.2, -0.15) is 4.31 Å². The van der Waals surface area contributed by atoms with Gasteiger partial charge in [0.05, 0.1) is 29.5 Å². The maximum atomic E-state index is 12.6. The fourth-order valence-electron chi connectivity index (χ4n) is 2.85. The van der Waals surface area contributed by atoms with Crippen molar-refractivity contribution in [2.75, 3.05) is 37.4 Å². The standard InChI is InChI=1S/C19H23N3O4S.ClH/c20-17-3-1-2-4-18(17)21-19(23)10-7-15-5-8-16(9-6-15)27(24,25)22-11-13-26-14-12-22;/h1-6,8-9H,7,10-14,20H2,(H,21,23);1H. The number of anilines is 2. The first-order valence-electron chi connectivity index (χ1n) is 8.78. The molecule has 9 heteroatoms. The van der Waals surface area contributed by atoms with Crippen LogP contribution < -0.4 is 11.1 Å². The number of carbonyl (C=O) groups is 1. The Morgan fingerprint density at radius 1 is 1.07 bits per heavy atom. The van der Waals surface area contributed by atoms with E-state index < -0.39 is 10.0 Å². The van der Waals surface area contributed by atoms with Crippen LogP contribution in [-0.4, -0.2) is 44.9 Å². The average molecular weight is 426 g/mol. The normalized spacial score (nSPS) is 14.9. The number of nitrogens with two attached hydrogens (primary N) is 1. The Balaban J connectivity index is 0.00000280. The number of sulfonamides is 1. The number of halogens is 1. The van der Waals surface area contributed by atoms with Gasteiger partial charge in [0.15, 0.2) is 0 Å². The third kappa shape index (κ3) is 5.45. The van der Waals surface area contributed by atoms with Gasteiger partial charge < -0.3 is 15.8 Å². The molecule has 2 aromatic carbocycles. The summed E-state index contributed by atoms with van der Waals surface area (Å²) in [6.07, 6.45) is 0.792. The molecule has 0 spiro atoms. The quantitative estimate of drug-likeness (QED) is 0.691. The van der Waals surface area contributed by atoms with Gasteiger partial charge >= 0.3 is 0 Å². The Morgan fingerprint density at radius 2 is 1.71 bits per heavy atom. The van der Waals surface area contributed by atoms with Gasteiger partial charge in [0.25, 0.3) is 0 Å². The van der Waals surface area contributed by atoms with Crippen molar-refractivity contribution < 1.29 is 17.9 Å². The average Bonchev–Trinajstić information content (AvgIpc) is 2.69. The van der Waals surface area contributed by atoms with Crippen molar-refractivity contribution >= 4 is 39.7 Å². The first-order chi connectivity index (χ1) is 13.0. The summed E-state index contributed by atoms with van der Waals surface area (Å²) in [7, 11) is -3.50. The number of morpholine rings is 1. The van der Waals surface area contributed by atoms with Crippen LogP contribution in [0.3, 0.4) is 0 Å². The number of amides is 1. The van der Waals surface area contributed by atoms with Crippen molar-refractivity contribution in [3.8, 4) is 0 Å². The first kappa shape index (κ1) is 22.2. The van der Waals surface area contributed by atoms with Gasteiger partial charge in [-0.1, -0.05) is 24.3 Å². The van der Waals surface area contributed by atoms with E-state index in [9.17, 15) is 13.2 Å². The summed E-state index contributed by atoms with van der Waals surface area (Å²) >= 11 is 0. The molecule has 1 aliphatic heterocycles. The molecule has 0 aromatic heterocycles. The van der Waals surface area contributed by atoms with E-state index in [1.165, 1.54) is 4.31 Å². The van der Waals surface area contributed by atoms with Gasteiger partial charge in [0, 0.05) is 19.5 Å². The SMILES string of the molecule is Cl.Nc1ccccc1NC(=O)CCc1ccc(S(=O)(=O)N2CCOCC2)cc1. The molecular formula is C19H24ClN3O4S. The number of benzene rings is 2. The van der Waals surface area contributed by atoms with Crippen LogP contribution in [0.15, 0.2) is 53.4 Å². The highest BCUT2D eigenvalue weighted by Gasteiger charge is 2.26. The van der Waals surface area contributed by atoms with Crippen LogP contribution in [0.1, 0.15) is 12.0 Å². The highest BCUT2D eigenvalue weighted by molar-refractivity contribution is 7.89. The van der Waals surface area contributed by atoms with E-state index in [2.05, 4.69) is 5.32 Å². The second-order valence-electron chi connectivity index (χ2n) is 6.30. The summed E-state index contributed by atoms with van der Waals surface area (Å²) in [6, 6.07) is 13.8. The molecule has 0 saturated carbocycles. The van der Waals surface area contributed by atoms with E-state index in [-0.39, 0.29) is 29.6 Å². The van der Waals surface area contributed by atoms with Gasteiger partial charge in [0.2, 0.25) is 15.9 Å². The Bertz CT molecular complexity index is 898. The lowest BCUT2D eigenvalue weighted by molar-refractivity contribution is -0.116. The lowest BCUT2D eigenvalue weighted by atomic mass is 10.1. The number of rotatable bonds is 6. The van der Waals surface area contributed by atoms with E-state index in [1.54, 1.807) is 48.5 Å². The molecule has 152 valence electrons. The largest absolute Gasteiger partial charge is 0.397 e. The van der Waals surface area contributed by atoms with E-state index in [0.29, 0.717) is 44.1 Å². The van der Waals surface area contributed by atoms with E-state index >= 15 is 0 Å². The maximum absolute atomic E-state index is 12.6. The molecule has 0 aliphatic carbocycles. The maximum Gasteiger partial charge on any atom is 0.243 e. The molecule has 7 nitrogen and oxygen atoms in total. The van der Waals surface area contributed by atoms with E-state index in [4.69, 9.17) is 10.5 Å². The second-order valence-corrected chi connectivity index (χ2v) is 8.23. The molecule has 3 rings (SSSR count). The van der Waals surface area contributed by atoms with Crippen molar-refractivity contribution in [1.29, 1.82) is 0 Å². The number of nitrogens with one attached hydrogen (secondary N) is 1. The number of hydrogen-bond donors (Lipinski definition) is 2. The zero-order valence-electron chi connectivity index (χ0n) is 15.3. The number of hydrogen-bond acceptors (Lipinski definition) is 5. The van der Waals surface area contributed by atoms with Gasteiger partial charge in [-0.3, -0.25) is 4.79 Å². The summed E-state index contributed by atoms with van der Waals surface area (Å²) in [6.45, 7) is 1.57. The lowest BCUT2D eigenvalue weighted by Gasteiger charge is -2.26.